The Kier molecular flexibility index (Phi) is 11.6. The van der Waals surface area contributed by atoms with E-state index in [1.807, 2.05) is 54.6 Å². The molecule has 0 N–H and O–H groups in total. The molecule has 7 heteroatoms. The van der Waals surface area contributed by atoms with Crippen molar-refractivity contribution in [3.63, 3.8) is 0 Å². The number of carbonyl (C=O) groups excluding carboxylic acids is 2. The van der Waals surface area contributed by atoms with E-state index in [1.165, 1.54) is 14.2 Å². The lowest BCUT2D eigenvalue weighted by Crippen LogP contribution is -2.39. The third-order valence-corrected chi connectivity index (χ3v) is 6.48. The van der Waals surface area contributed by atoms with E-state index in [4.69, 9.17) is 25.8 Å². The lowest BCUT2D eigenvalue weighted by molar-refractivity contribution is -0.140. The lowest BCUT2D eigenvalue weighted by atomic mass is 10.1. The predicted octanol–water partition coefficient (Wildman–Crippen LogP) is 6.06. The summed E-state index contributed by atoms with van der Waals surface area (Å²) in [7, 11) is 2.78. The van der Waals surface area contributed by atoms with Crippen LogP contribution >= 0.6 is 11.6 Å². The van der Waals surface area contributed by atoms with Crippen molar-refractivity contribution in [3.05, 3.63) is 106 Å². The van der Waals surface area contributed by atoms with Crippen molar-refractivity contribution < 1.29 is 23.8 Å². The van der Waals surface area contributed by atoms with E-state index in [-0.39, 0.29) is 18.2 Å². The Bertz CT molecular complexity index is 1120. The van der Waals surface area contributed by atoms with Gasteiger partial charge in [0.2, 0.25) is 0 Å². The second-order valence-electron chi connectivity index (χ2n) is 8.74. The largest absolute Gasteiger partial charge is 0.469 e. The van der Waals surface area contributed by atoms with E-state index >= 15 is 0 Å². The monoisotopic (exact) mass is 523 g/mol. The summed E-state index contributed by atoms with van der Waals surface area (Å²) in [4.78, 5) is 25.7. The van der Waals surface area contributed by atoms with Crippen molar-refractivity contribution in [2.75, 3.05) is 20.8 Å². The van der Waals surface area contributed by atoms with E-state index in [1.54, 1.807) is 12.1 Å². The molecule has 0 bridgehead atoms. The van der Waals surface area contributed by atoms with Gasteiger partial charge in [0.25, 0.3) is 0 Å². The Morgan fingerprint density at radius 3 is 2.22 bits per heavy atom. The Labute approximate surface area is 224 Å². The highest BCUT2D eigenvalue weighted by Crippen LogP contribution is 2.21. The number of ether oxygens (including phenoxy) is 3. The molecule has 37 heavy (non-hydrogen) atoms. The smallest absolute Gasteiger partial charge is 0.337 e. The zero-order valence-corrected chi connectivity index (χ0v) is 22.2. The zero-order valence-electron chi connectivity index (χ0n) is 21.4. The maximum Gasteiger partial charge on any atom is 0.337 e. The number of nitrogens with zero attached hydrogens (tertiary/aromatic N) is 1. The van der Waals surface area contributed by atoms with Crippen molar-refractivity contribution in [2.45, 2.75) is 45.1 Å². The molecule has 0 amide bonds. The van der Waals surface area contributed by atoms with Crippen molar-refractivity contribution in [3.8, 4) is 0 Å². The van der Waals surface area contributed by atoms with Gasteiger partial charge in [0.1, 0.15) is 6.23 Å². The molecule has 0 radical (unpaired) electrons. The molecule has 0 heterocycles. The van der Waals surface area contributed by atoms with Gasteiger partial charge in [-0.15, -0.1) is 0 Å². The second-order valence-corrected chi connectivity index (χ2v) is 9.15. The van der Waals surface area contributed by atoms with Crippen LogP contribution in [0.4, 0.5) is 0 Å². The Morgan fingerprint density at radius 2 is 1.54 bits per heavy atom. The second kappa shape index (κ2) is 15.2. The third-order valence-electron chi connectivity index (χ3n) is 6.11. The number of carbonyl (C=O) groups is 2. The average Bonchev–Trinajstić information content (AvgIpc) is 2.93. The number of benzene rings is 3. The number of hydrogen-bond donors (Lipinski definition) is 0. The molecule has 196 valence electrons. The highest BCUT2D eigenvalue weighted by molar-refractivity contribution is 6.31. The third kappa shape index (κ3) is 9.32. The summed E-state index contributed by atoms with van der Waals surface area (Å²) < 4.78 is 16.1. The summed E-state index contributed by atoms with van der Waals surface area (Å²) in [6, 6.07) is 25.3. The minimum Gasteiger partial charge on any atom is -0.469 e. The number of esters is 2. The molecule has 1 atom stereocenters. The Morgan fingerprint density at radius 1 is 0.838 bits per heavy atom. The van der Waals surface area contributed by atoms with Gasteiger partial charge in [-0.2, -0.15) is 0 Å². The average molecular weight is 524 g/mol. The number of hydrogen-bond acceptors (Lipinski definition) is 6. The van der Waals surface area contributed by atoms with Crippen LogP contribution in [0.15, 0.2) is 78.9 Å². The summed E-state index contributed by atoms with van der Waals surface area (Å²) in [5.41, 5.74) is 3.63. The van der Waals surface area contributed by atoms with E-state index < -0.39 is 0 Å². The number of halogens is 1. The van der Waals surface area contributed by atoms with Crippen LogP contribution in [0.1, 0.15) is 46.3 Å². The maximum absolute atomic E-state index is 11.9. The van der Waals surface area contributed by atoms with Crippen LogP contribution in [-0.4, -0.2) is 43.8 Å². The minimum atomic E-state index is -0.365. The van der Waals surface area contributed by atoms with Crippen molar-refractivity contribution >= 4 is 23.5 Å². The summed E-state index contributed by atoms with van der Waals surface area (Å²) in [5.74, 6) is -0.572. The Balaban J connectivity index is 1.81. The molecule has 0 aliphatic heterocycles. The molecule has 0 fully saturated rings. The van der Waals surface area contributed by atoms with Crippen LogP contribution in [0.5, 0.6) is 0 Å². The molecule has 0 aliphatic rings. The van der Waals surface area contributed by atoms with Crippen LogP contribution in [-0.2, 0) is 38.6 Å². The molecule has 0 aliphatic carbocycles. The summed E-state index contributed by atoms with van der Waals surface area (Å²) in [6.07, 6.45) is 2.34. The van der Waals surface area contributed by atoms with Crippen LogP contribution in [0, 0.1) is 0 Å². The van der Waals surface area contributed by atoms with Gasteiger partial charge in [-0.1, -0.05) is 72.3 Å². The fourth-order valence-electron chi connectivity index (χ4n) is 4.02. The first-order valence-corrected chi connectivity index (χ1v) is 12.7. The first-order chi connectivity index (χ1) is 18.0. The van der Waals surface area contributed by atoms with Crippen molar-refractivity contribution in [2.24, 2.45) is 0 Å². The van der Waals surface area contributed by atoms with Gasteiger partial charge >= 0.3 is 11.9 Å². The highest BCUT2D eigenvalue weighted by atomic mass is 35.5. The SMILES string of the molecule is COC(=O)CCCCN(Cc1ccc(C(=O)OC)cc1)C(Cc1ccccc1)OCc1ccccc1Cl. The van der Waals surface area contributed by atoms with E-state index in [0.717, 1.165) is 29.7 Å². The van der Waals surface area contributed by atoms with Gasteiger partial charge in [-0.25, -0.2) is 4.79 Å². The highest BCUT2D eigenvalue weighted by Gasteiger charge is 2.21. The van der Waals surface area contributed by atoms with Crippen LogP contribution < -0.4 is 0 Å². The topological polar surface area (TPSA) is 65.1 Å². The normalized spacial score (nSPS) is 11.8. The lowest BCUT2D eigenvalue weighted by Gasteiger charge is -2.32. The van der Waals surface area contributed by atoms with Crippen LogP contribution in [0.25, 0.3) is 0 Å². The number of methoxy groups -OCH3 is 2. The van der Waals surface area contributed by atoms with E-state index in [2.05, 4.69) is 17.0 Å². The molecule has 1 unspecified atom stereocenters. The summed E-state index contributed by atoms with van der Waals surface area (Å²) in [5, 5.41) is 0.670. The Hall–Kier alpha value is -3.19. The molecule has 3 rings (SSSR count). The molecule has 0 aromatic heterocycles. The van der Waals surface area contributed by atoms with Gasteiger partial charge in [0, 0.05) is 31.0 Å². The van der Waals surface area contributed by atoms with E-state index in [9.17, 15) is 9.59 Å². The molecule has 0 spiro atoms. The molecule has 3 aromatic rings. The minimum absolute atomic E-state index is 0.208. The fourth-order valence-corrected chi connectivity index (χ4v) is 4.21. The van der Waals surface area contributed by atoms with Gasteiger partial charge < -0.3 is 14.2 Å². The van der Waals surface area contributed by atoms with Crippen molar-refractivity contribution in [1.82, 2.24) is 4.90 Å². The summed E-state index contributed by atoms with van der Waals surface area (Å²) in [6.45, 7) is 1.70. The first-order valence-electron chi connectivity index (χ1n) is 12.4. The van der Waals surface area contributed by atoms with Gasteiger partial charge in [-0.05, 0) is 47.7 Å². The van der Waals surface area contributed by atoms with Gasteiger partial charge in [0.05, 0.1) is 26.4 Å². The predicted molar refractivity (Wildman–Crippen MR) is 144 cm³/mol. The molecule has 0 saturated heterocycles. The molecular formula is C30H34ClNO5. The first kappa shape index (κ1) is 28.4. The molecular weight excluding hydrogens is 490 g/mol. The van der Waals surface area contributed by atoms with Crippen LogP contribution in [0.3, 0.4) is 0 Å². The fraction of sp³-hybridized carbons (Fsp3) is 0.333. The standard InChI is InChI=1S/C30H34ClNO5/c1-35-29(33)14-8-9-19-32(21-24-15-17-25(18-16-24)30(34)36-2)28(20-23-10-4-3-5-11-23)37-22-26-12-6-7-13-27(26)31/h3-7,10-13,15-18,28H,8-9,14,19-22H2,1-2H3. The maximum atomic E-state index is 11.9. The van der Waals surface area contributed by atoms with Gasteiger partial charge in [-0.3, -0.25) is 9.69 Å². The molecule has 3 aromatic carbocycles. The van der Waals surface area contributed by atoms with Crippen molar-refractivity contribution in [1.29, 1.82) is 0 Å². The van der Waals surface area contributed by atoms with Gasteiger partial charge in [0.15, 0.2) is 0 Å². The van der Waals surface area contributed by atoms with E-state index in [0.29, 0.717) is 43.0 Å². The summed E-state index contributed by atoms with van der Waals surface area (Å²) >= 11 is 6.40. The molecule has 6 nitrogen and oxygen atoms in total. The number of rotatable bonds is 14. The quantitative estimate of drug-likeness (QED) is 0.145. The molecule has 0 saturated carbocycles. The zero-order chi connectivity index (χ0) is 26.5. The van der Waals surface area contributed by atoms with Crippen LogP contribution in [0.2, 0.25) is 5.02 Å². The number of unbranched alkanes of at least 4 members (excludes halogenated alkanes) is 1.